The van der Waals surface area contributed by atoms with Gasteiger partial charge in [-0.2, -0.15) is 12.6 Å². The summed E-state index contributed by atoms with van der Waals surface area (Å²) >= 11 is 4.59. The average Bonchev–Trinajstić information content (AvgIpc) is 3.21. The summed E-state index contributed by atoms with van der Waals surface area (Å²) in [5, 5.41) is 3.93. The molecule has 3 rings (SSSR count). The molecule has 0 aromatic heterocycles. The number of hydrogen-bond donors (Lipinski definition) is 3. The van der Waals surface area contributed by atoms with E-state index >= 15 is 0 Å². The molecule has 1 aliphatic heterocycles. The number of rotatable bonds is 7. The van der Waals surface area contributed by atoms with Crippen LogP contribution in [0.15, 0.2) is 18.2 Å². The van der Waals surface area contributed by atoms with Crippen LogP contribution in [0.5, 0.6) is 0 Å². The van der Waals surface area contributed by atoms with E-state index in [1.165, 1.54) is 24.0 Å². The van der Waals surface area contributed by atoms with Crippen molar-refractivity contribution in [3.8, 4) is 0 Å². The van der Waals surface area contributed by atoms with Crippen LogP contribution in [0.4, 0.5) is 5.69 Å². The zero-order chi connectivity index (χ0) is 18.0. The Kier molecular flexibility index (Phi) is 5.95. The molecule has 3 N–H and O–H groups in total. The highest BCUT2D eigenvalue weighted by Crippen LogP contribution is 2.30. The number of fused-ring (bicyclic) bond motifs is 1. The molecule has 25 heavy (non-hydrogen) atoms. The van der Waals surface area contributed by atoms with Gasteiger partial charge in [-0.1, -0.05) is 26.3 Å². The minimum absolute atomic E-state index is 0.221. The summed E-state index contributed by atoms with van der Waals surface area (Å²) in [6, 6.07) is 6.78. The highest BCUT2D eigenvalue weighted by molar-refractivity contribution is 7.81. The van der Waals surface area contributed by atoms with E-state index in [4.69, 9.17) is 5.73 Å². The number of nitrogens with two attached hydrogens (primary N) is 1. The lowest BCUT2D eigenvalue weighted by molar-refractivity contribution is -0.120. The van der Waals surface area contributed by atoms with Gasteiger partial charge >= 0.3 is 0 Å². The average molecular weight is 362 g/mol. The van der Waals surface area contributed by atoms with Crippen molar-refractivity contribution in [1.82, 2.24) is 5.32 Å². The maximum Gasteiger partial charge on any atom is 0.240 e. The first kappa shape index (κ1) is 18.6. The van der Waals surface area contributed by atoms with E-state index in [-0.39, 0.29) is 17.9 Å². The number of anilines is 1. The normalized spacial score (nSPS) is 24.8. The van der Waals surface area contributed by atoms with Gasteiger partial charge in [-0.05, 0) is 54.9 Å². The van der Waals surface area contributed by atoms with E-state index in [0.29, 0.717) is 11.3 Å². The first-order valence-corrected chi connectivity index (χ1v) is 10.1. The summed E-state index contributed by atoms with van der Waals surface area (Å²) in [5.41, 5.74) is 9.87. The van der Waals surface area contributed by atoms with E-state index < -0.39 is 0 Å². The number of amides is 1. The number of nitrogens with one attached hydrogen (secondary N) is 1. The van der Waals surface area contributed by atoms with Gasteiger partial charge in [0.1, 0.15) is 6.04 Å². The Morgan fingerprint density at radius 1 is 1.40 bits per heavy atom. The standard InChI is InChI=1S/C20H31N3OS/c1-3-13(2)19(20(21)24)23(12-16-10-18(25)11-22-16)17-8-7-14-5-4-6-15(14)9-17/h7-9,13,16,18-19,22,25H,3-6,10-12H2,1-2H3,(H2,21,24)/t13-,16-,18-,19-/m0/s1. The van der Waals surface area contributed by atoms with Gasteiger partial charge in [-0.25, -0.2) is 0 Å². The van der Waals surface area contributed by atoms with Gasteiger partial charge < -0.3 is 16.0 Å². The summed E-state index contributed by atoms with van der Waals surface area (Å²) in [6.07, 6.45) is 5.50. The third-order valence-electron chi connectivity index (χ3n) is 5.84. The molecule has 1 aromatic carbocycles. The lowest BCUT2D eigenvalue weighted by atomic mass is 9.95. The molecule has 1 fully saturated rings. The minimum atomic E-state index is -0.273. The van der Waals surface area contributed by atoms with Crippen molar-refractivity contribution in [3.63, 3.8) is 0 Å². The molecule has 0 bridgehead atoms. The molecule has 0 saturated carbocycles. The second kappa shape index (κ2) is 8.00. The van der Waals surface area contributed by atoms with Crippen LogP contribution < -0.4 is 16.0 Å². The number of benzene rings is 1. The molecule has 0 radical (unpaired) electrons. The largest absolute Gasteiger partial charge is 0.368 e. The molecule has 0 unspecified atom stereocenters. The van der Waals surface area contributed by atoms with Gasteiger partial charge in [0.15, 0.2) is 0 Å². The molecule has 1 aromatic rings. The summed E-state index contributed by atoms with van der Waals surface area (Å²) in [6.45, 7) is 5.97. The number of carbonyl (C=O) groups is 1. The highest BCUT2D eigenvalue weighted by Gasteiger charge is 2.33. The fraction of sp³-hybridized carbons (Fsp3) is 0.650. The monoisotopic (exact) mass is 361 g/mol. The third-order valence-corrected chi connectivity index (χ3v) is 6.23. The van der Waals surface area contributed by atoms with Gasteiger partial charge in [-0.15, -0.1) is 0 Å². The van der Waals surface area contributed by atoms with E-state index in [0.717, 1.165) is 38.0 Å². The summed E-state index contributed by atoms with van der Waals surface area (Å²) in [7, 11) is 0. The Morgan fingerprint density at radius 2 is 2.16 bits per heavy atom. The predicted molar refractivity (Wildman–Crippen MR) is 107 cm³/mol. The van der Waals surface area contributed by atoms with Crippen molar-refractivity contribution in [2.45, 2.75) is 63.3 Å². The van der Waals surface area contributed by atoms with Crippen LogP contribution in [-0.2, 0) is 17.6 Å². The highest BCUT2D eigenvalue weighted by atomic mass is 32.1. The smallest absolute Gasteiger partial charge is 0.240 e. The number of primary amides is 1. The van der Waals surface area contributed by atoms with Gasteiger partial charge in [-0.3, -0.25) is 4.79 Å². The molecule has 4 nitrogen and oxygen atoms in total. The van der Waals surface area contributed by atoms with Crippen LogP contribution >= 0.6 is 12.6 Å². The SMILES string of the molecule is CC[C@H](C)[C@@H](C(N)=O)N(C[C@@H]1C[C@H](S)CN1)c1ccc2c(c1)CCC2. The Balaban J connectivity index is 1.91. The van der Waals surface area contributed by atoms with Crippen LogP contribution in [0.25, 0.3) is 0 Å². The second-order valence-corrected chi connectivity index (χ2v) is 8.42. The fourth-order valence-corrected chi connectivity index (χ4v) is 4.62. The number of aryl methyl sites for hydroxylation is 2. The van der Waals surface area contributed by atoms with Crippen molar-refractivity contribution < 1.29 is 4.79 Å². The topological polar surface area (TPSA) is 58.4 Å². The maximum absolute atomic E-state index is 12.3. The zero-order valence-electron chi connectivity index (χ0n) is 15.4. The zero-order valence-corrected chi connectivity index (χ0v) is 16.3. The molecule has 1 amide bonds. The molecule has 1 aliphatic carbocycles. The quantitative estimate of drug-likeness (QED) is 0.654. The van der Waals surface area contributed by atoms with Crippen LogP contribution in [0.2, 0.25) is 0 Å². The van der Waals surface area contributed by atoms with E-state index in [9.17, 15) is 4.79 Å². The minimum Gasteiger partial charge on any atom is -0.368 e. The number of nitrogens with zero attached hydrogens (tertiary/aromatic N) is 1. The summed E-state index contributed by atoms with van der Waals surface area (Å²) < 4.78 is 0. The van der Waals surface area contributed by atoms with Crippen LogP contribution in [-0.4, -0.2) is 36.3 Å². The lowest BCUT2D eigenvalue weighted by Gasteiger charge is -2.37. The molecule has 5 heteroatoms. The predicted octanol–water partition coefficient (Wildman–Crippen LogP) is 2.54. The van der Waals surface area contributed by atoms with Gasteiger partial charge in [0, 0.05) is 30.1 Å². The number of thiol groups is 1. The van der Waals surface area contributed by atoms with Crippen LogP contribution in [0.3, 0.4) is 0 Å². The number of carbonyl (C=O) groups excluding carboxylic acids is 1. The first-order chi connectivity index (χ1) is 12.0. The van der Waals surface area contributed by atoms with Gasteiger partial charge in [0.2, 0.25) is 5.91 Å². The Morgan fingerprint density at radius 3 is 2.80 bits per heavy atom. The maximum atomic E-state index is 12.3. The molecular formula is C20H31N3OS. The molecule has 2 aliphatic rings. The van der Waals surface area contributed by atoms with Crippen molar-refractivity contribution in [2.75, 3.05) is 18.0 Å². The third kappa shape index (κ3) is 4.14. The van der Waals surface area contributed by atoms with E-state index in [1.807, 2.05) is 0 Å². The lowest BCUT2D eigenvalue weighted by Crippen LogP contribution is -2.52. The molecule has 138 valence electrons. The first-order valence-electron chi connectivity index (χ1n) is 9.58. The molecule has 1 heterocycles. The Bertz CT molecular complexity index is 621. The summed E-state index contributed by atoms with van der Waals surface area (Å²) in [4.78, 5) is 14.6. The Hall–Kier alpha value is -1.20. The Labute approximate surface area is 156 Å². The number of hydrogen-bond acceptors (Lipinski definition) is 4. The van der Waals surface area contributed by atoms with Crippen LogP contribution in [0, 0.1) is 5.92 Å². The summed E-state index contributed by atoms with van der Waals surface area (Å²) in [5.74, 6) is -0.00535. The fourth-order valence-electron chi connectivity index (χ4n) is 4.26. The molecule has 1 saturated heterocycles. The van der Waals surface area contributed by atoms with Crippen molar-refractivity contribution in [3.05, 3.63) is 29.3 Å². The molecule has 0 spiro atoms. The van der Waals surface area contributed by atoms with Gasteiger partial charge in [0.25, 0.3) is 0 Å². The second-order valence-electron chi connectivity index (χ2n) is 7.69. The van der Waals surface area contributed by atoms with Gasteiger partial charge in [0.05, 0.1) is 0 Å². The van der Waals surface area contributed by atoms with Crippen molar-refractivity contribution in [1.29, 1.82) is 0 Å². The molecular weight excluding hydrogens is 330 g/mol. The van der Waals surface area contributed by atoms with Crippen molar-refractivity contribution in [2.24, 2.45) is 11.7 Å². The van der Waals surface area contributed by atoms with Crippen LogP contribution in [0.1, 0.15) is 44.2 Å². The molecule has 4 atom stereocenters. The van der Waals surface area contributed by atoms with Crippen molar-refractivity contribution >= 4 is 24.2 Å². The van der Waals surface area contributed by atoms with E-state index in [2.05, 4.69) is 54.9 Å². The van der Waals surface area contributed by atoms with E-state index in [1.54, 1.807) is 0 Å².